The number of morpholine rings is 1. The van der Waals surface area contributed by atoms with Gasteiger partial charge in [-0.2, -0.15) is 0 Å². The zero-order valence-corrected chi connectivity index (χ0v) is 16.3. The molecule has 1 aliphatic heterocycles. The second-order valence-electron chi connectivity index (χ2n) is 6.92. The molecule has 5 heteroatoms. The molecule has 2 aliphatic rings. The largest absolute Gasteiger partial charge is 0.379 e. The zero-order valence-electron chi connectivity index (χ0n) is 14.7. The van der Waals surface area contributed by atoms with Crippen molar-refractivity contribution in [3.63, 3.8) is 0 Å². The van der Waals surface area contributed by atoms with Gasteiger partial charge < -0.3 is 9.47 Å². The molecule has 2 fully saturated rings. The van der Waals surface area contributed by atoms with Crippen molar-refractivity contribution >= 4 is 33.8 Å². The molecule has 138 valence electrons. The predicted octanol–water partition coefficient (Wildman–Crippen LogP) is 4.53. The molecule has 25 heavy (non-hydrogen) atoms. The summed E-state index contributed by atoms with van der Waals surface area (Å²) < 4.78 is 13.3. The van der Waals surface area contributed by atoms with E-state index in [-0.39, 0.29) is 12.4 Å². The summed E-state index contributed by atoms with van der Waals surface area (Å²) in [6.45, 7) is 4.74. The van der Waals surface area contributed by atoms with E-state index in [0.29, 0.717) is 12.1 Å². The molecule has 0 N–H and O–H groups in total. The second kappa shape index (κ2) is 9.33. The highest BCUT2D eigenvalue weighted by molar-refractivity contribution is 7.17. The van der Waals surface area contributed by atoms with Gasteiger partial charge in [-0.05, 0) is 41.7 Å². The first-order valence-corrected chi connectivity index (χ1v) is 10.2. The Morgan fingerprint density at radius 3 is 2.80 bits per heavy atom. The highest BCUT2D eigenvalue weighted by Gasteiger charge is 2.31. The molecule has 4 rings (SSSR count). The van der Waals surface area contributed by atoms with Gasteiger partial charge in [-0.25, -0.2) is 0 Å². The summed E-state index contributed by atoms with van der Waals surface area (Å²) in [7, 11) is 0. The van der Waals surface area contributed by atoms with Crippen molar-refractivity contribution < 1.29 is 9.47 Å². The van der Waals surface area contributed by atoms with Crippen LogP contribution in [0.2, 0.25) is 0 Å². The average Bonchev–Trinajstić information content (AvgIpc) is 3.06. The molecular weight excluding hydrogens is 354 g/mol. The molecule has 3 nitrogen and oxygen atoms in total. The minimum atomic E-state index is 0. The lowest BCUT2D eigenvalue weighted by atomic mass is 9.91. The van der Waals surface area contributed by atoms with Crippen LogP contribution < -0.4 is 0 Å². The van der Waals surface area contributed by atoms with Gasteiger partial charge in [0.2, 0.25) is 0 Å². The molecule has 0 spiro atoms. The number of nitrogens with zero attached hydrogens (tertiary/aromatic N) is 1. The van der Waals surface area contributed by atoms with Crippen LogP contribution >= 0.6 is 23.7 Å². The van der Waals surface area contributed by atoms with E-state index in [4.69, 9.17) is 9.47 Å². The van der Waals surface area contributed by atoms with Gasteiger partial charge in [-0.3, -0.25) is 4.90 Å². The molecule has 1 aliphatic carbocycles. The number of thiophene rings is 1. The normalized spacial score (nSPS) is 25.0. The molecule has 1 saturated carbocycles. The first-order valence-electron chi connectivity index (χ1n) is 9.30. The van der Waals surface area contributed by atoms with Crippen molar-refractivity contribution in [3.8, 4) is 0 Å². The molecular formula is C20H28ClNO2S. The number of halogens is 1. The van der Waals surface area contributed by atoms with Crippen LogP contribution in [-0.2, 0) is 15.9 Å². The lowest BCUT2D eigenvalue weighted by Crippen LogP contribution is -2.51. The molecule has 1 aromatic heterocycles. The maximum Gasteiger partial charge on any atom is 0.0730 e. The summed E-state index contributed by atoms with van der Waals surface area (Å²) in [4.78, 5) is 2.60. The maximum absolute atomic E-state index is 6.39. The Morgan fingerprint density at radius 1 is 1.12 bits per heavy atom. The Bertz CT molecular complexity index is 656. The summed E-state index contributed by atoms with van der Waals surface area (Å²) in [6.07, 6.45) is 6.58. The van der Waals surface area contributed by atoms with Crippen molar-refractivity contribution in [3.05, 3.63) is 35.2 Å². The number of ether oxygens (including phenoxy) is 2. The third kappa shape index (κ3) is 4.55. The van der Waals surface area contributed by atoms with Gasteiger partial charge >= 0.3 is 0 Å². The Labute approximate surface area is 160 Å². The minimum Gasteiger partial charge on any atom is -0.379 e. The molecule has 0 amide bonds. The van der Waals surface area contributed by atoms with Crippen LogP contribution in [0.1, 0.15) is 31.2 Å². The number of fused-ring (bicyclic) bond motifs is 1. The van der Waals surface area contributed by atoms with Crippen LogP contribution in [0.4, 0.5) is 0 Å². The van der Waals surface area contributed by atoms with E-state index in [9.17, 15) is 0 Å². The Balaban J connectivity index is 0.00000182. The van der Waals surface area contributed by atoms with E-state index in [1.54, 1.807) is 0 Å². The number of hydrogen-bond acceptors (Lipinski definition) is 4. The lowest BCUT2D eigenvalue weighted by Gasteiger charge is -2.41. The number of rotatable bonds is 5. The molecule has 0 unspecified atom stereocenters. The highest BCUT2D eigenvalue weighted by atomic mass is 35.5. The number of benzene rings is 1. The van der Waals surface area contributed by atoms with Gasteiger partial charge in [0.1, 0.15) is 0 Å². The summed E-state index contributed by atoms with van der Waals surface area (Å²) in [5, 5.41) is 3.70. The average molecular weight is 382 g/mol. The van der Waals surface area contributed by atoms with E-state index >= 15 is 0 Å². The van der Waals surface area contributed by atoms with E-state index in [2.05, 4.69) is 34.5 Å². The van der Waals surface area contributed by atoms with Crippen LogP contribution in [0.5, 0.6) is 0 Å². The lowest BCUT2D eigenvalue weighted by molar-refractivity contribution is -0.0646. The van der Waals surface area contributed by atoms with Crippen molar-refractivity contribution in [1.82, 2.24) is 4.90 Å². The summed E-state index contributed by atoms with van der Waals surface area (Å²) in [5.41, 5.74) is 1.44. The Morgan fingerprint density at radius 2 is 1.92 bits per heavy atom. The van der Waals surface area contributed by atoms with Crippen LogP contribution in [0, 0.1) is 0 Å². The molecule has 2 heterocycles. The van der Waals surface area contributed by atoms with Crippen LogP contribution in [-0.4, -0.2) is 50.0 Å². The molecule has 1 saturated heterocycles. The van der Waals surface area contributed by atoms with Crippen molar-refractivity contribution in [2.75, 3.05) is 32.9 Å². The fourth-order valence-electron chi connectivity index (χ4n) is 4.15. The molecule has 2 atom stereocenters. The van der Waals surface area contributed by atoms with Gasteiger partial charge in [0.25, 0.3) is 0 Å². The minimum absolute atomic E-state index is 0. The fraction of sp³-hybridized carbons (Fsp3) is 0.600. The third-order valence-corrected chi connectivity index (χ3v) is 6.46. The van der Waals surface area contributed by atoms with E-state index < -0.39 is 0 Å². The van der Waals surface area contributed by atoms with Gasteiger partial charge in [-0.1, -0.05) is 31.0 Å². The first-order chi connectivity index (χ1) is 11.9. The SMILES string of the molecule is Cl.c1ccc2c(CCO[C@@H]3CCCC[C@H]3N3CCOCC3)csc2c1. The van der Waals surface area contributed by atoms with E-state index in [1.165, 1.54) is 41.3 Å². The molecule has 1 aromatic carbocycles. The summed E-state index contributed by atoms with van der Waals surface area (Å²) in [5.74, 6) is 0. The van der Waals surface area contributed by atoms with Crippen molar-refractivity contribution in [2.45, 2.75) is 44.2 Å². The van der Waals surface area contributed by atoms with Crippen LogP contribution in [0.25, 0.3) is 10.1 Å². The van der Waals surface area contributed by atoms with Crippen LogP contribution in [0.15, 0.2) is 29.6 Å². The molecule has 2 aromatic rings. The van der Waals surface area contributed by atoms with Gasteiger partial charge in [0, 0.05) is 23.8 Å². The first kappa shape index (κ1) is 19.1. The van der Waals surface area contributed by atoms with Gasteiger partial charge in [0.15, 0.2) is 0 Å². The smallest absolute Gasteiger partial charge is 0.0730 e. The van der Waals surface area contributed by atoms with E-state index in [0.717, 1.165) is 39.3 Å². The molecule has 0 radical (unpaired) electrons. The molecule has 0 bridgehead atoms. The van der Waals surface area contributed by atoms with Crippen LogP contribution in [0.3, 0.4) is 0 Å². The second-order valence-corrected chi connectivity index (χ2v) is 7.83. The van der Waals surface area contributed by atoms with Crippen molar-refractivity contribution in [1.29, 1.82) is 0 Å². The third-order valence-electron chi connectivity index (χ3n) is 5.45. The Kier molecular flexibility index (Phi) is 7.14. The number of hydrogen-bond donors (Lipinski definition) is 0. The summed E-state index contributed by atoms with van der Waals surface area (Å²) >= 11 is 1.85. The van der Waals surface area contributed by atoms with Gasteiger partial charge in [0.05, 0.1) is 25.9 Å². The van der Waals surface area contributed by atoms with E-state index in [1.807, 2.05) is 11.3 Å². The quantitative estimate of drug-likeness (QED) is 0.759. The standard InChI is InChI=1S/C20H27NO2S.ClH/c1-4-8-20-17(5-1)16(15-24-20)9-12-23-19-7-3-2-6-18(19)21-10-13-22-14-11-21;/h1,4-5,8,15,18-19H,2-3,6-7,9-14H2;1H/t18-,19-;/m1./s1. The predicted molar refractivity (Wildman–Crippen MR) is 107 cm³/mol. The van der Waals surface area contributed by atoms with Gasteiger partial charge in [-0.15, -0.1) is 23.7 Å². The maximum atomic E-state index is 6.39. The zero-order chi connectivity index (χ0) is 16.2. The summed E-state index contributed by atoms with van der Waals surface area (Å²) in [6, 6.07) is 9.29. The fourth-order valence-corrected chi connectivity index (χ4v) is 5.14. The monoisotopic (exact) mass is 381 g/mol. The highest BCUT2D eigenvalue weighted by Crippen LogP contribution is 2.28. The Hall–Kier alpha value is -0.650. The van der Waals surface area contributed by atoms with Crippen molar-refractivity contribution in [2.24, 2.45) is 0 Å². The topological polar surface area (TPSA) is 21.7 Å².